The summed E-state index contributed by atoms with van der Waals surface area (Å²) in [6.07, 6.45) is 12.7. The summed E-state index contributed by atoms with van der Waals surface area (Å²) in [6, 6.07) is 0. The van der Waals surface area contributed by atoms with E-state index >= 15 is 0 Å². The molecule has 0 rings (SSSR count). The minimum atomic E-state index is -1.83. The van der Waals surface area contributed by atoms with Crippen LogP contribution in [0.3, 0.4) is 0 Å². The molecule has 21 heavy (non-hydrogen) atoms. The standard InChI is InChI=1S/C7H15Si.3C4H9.Sn/c1-5-6-7-8(2,3)4;3*1-3-4-2;/h6-7H,1,5H2,2-4H3;3*1,3-4H2,2H3;. The fourth-order valence-electron chi connectivity index (χ4n) is 3.23. The summed E-state index contributed by atoms with van der Waals surface area (Å²) in [5.41, 5.74) is 2.57. The molecule has 0 saturated carbocycles. The zero-order valence-electron chi connectivity index (χ0n) is 15.9. The van der Waals surface area contributed by atoms with Gasteiger partial charge in [0.05, 0.1) is 0 Å². The van der Waals surface area contributed by atoms with E-state index < -0.39 is 26.5 Å². The Bertz CT molecular complexity index is 243. The van der Waals surface area contributed by atoms with Crippen molar-refractivity contribution in [2.45, 2.75) is 103 Å². The second kappa shape index (κ2) is 12.2. The van der Waals surface area contributed by atoms with E-state index in [1.807, 2.05) is 0 Å². The van der Waals surface area contributed by atoms with Crippen molar-refractivity contribution in [1.82, 2.24) is 0 Å². The minimum absolute atomic E-state index is 0.987. The summed E-state index contributed by atoms with van der Waals surface area (Å²) in [5, 5.41) is 0. The van der Waals surface area contributed by atoms with E-state index in [1.54, 1.807) is 17.7 Å². The van der Waals surface area contributed by atoms with Gasteiger partial charge in [-0.15, -0.1) is 0 Å². The fourth-order valence-corrected chi connectivity index (χ4v) is 20.1. The number of allylic oxidation sites excluding steroid dienone is 1. The van der Waals surface area contributed by atoms with E-state index in [2.05, 4.69) is 52.2 Å². The zero-order valence-corrected chi connectivity index (χ0v) is 19.8. The Labute approximate surface area is 141 Å². The van der Waals surface area contributed by atoms with Crippen LogP contribution in [0.5, 0.6) is 0 Å². The molecule has 0 nitrogen and oxygen atoms in total. The van der Waals surface area contributed by atoms with Gasteiger partial charge < -0.3 is 0 Å². The molecule has 0 saturated heterocycles. The third-order valence-electron chi connectivity index (χ3n) is 4.64. The van der Waals surface area contributed by atoms with Gasteiger partial charge in [-0.05, 0) is 0 Å². The Kier molecular flexibility index (Phi) is 12.7. The monoisotopic (exact) mass is 418 g/mol. The molecule has 0 bridgehead atoms. The third kappa shape index (κ3) is 11.9. The second-order valence-corrected chi connectivity index (χ2v) is 27.5. The average molecular weight is 417 g/mol. The van der Waals surface area contributed by atoms with Gasteiger partial charge >= 0.3 is 141 Å². The second-order valence-electron chi connectivity index (χ2n) is 8.12. The van der Waals surface area contributed by atoms with Crippen LogP contribution in [-0.2, 0) is 0 Å². The first-order valence-electron chi connectivity index (χ1n) is 9.57. The average Bonchev–Trinajstić information content (AvgIpc) is 2.43. The molecule has 0 amide bonds. The van der Waals surface area contributed by atoms with Crippen LogP contribution in [0.25, 0.3) is 0 Å². The number of hydrogen-bond donors (Lipinski definition) is 0. The summed E-state index contributed by atoms with van der Waals surface area (Å²) in [6.45, 7) is 14.5. The van der Waals surface area contributed by atoms with E-state index in [1.165, 1.54) is 44.9 Å². The van der Waals surface area contributed by atoms with Crippen LogP contribution in [-0.4, -0.2) is 26.5 Å². The fraction of sp³-hybridized carbons (Fsp3) is 0.895. The van der Waals surface area contributed by atoms with Crippen molar-refractivity contribution < 1.29 is 0 Å². The van der Waals surface area contributed by atoms with Gasteiger partial charge in [-0.3, -0.25) is 0 Å². The zero-order chi connectivity index (χ0) is 16.2. The normalized spacial score (nSPS) is 13.2. The van der Waals surface area contributed by atoms with Crippen LogP contribution in [0.15, 0.2) is 11.8 Å². The topological polar surface area (TPSA) is 0 Å². The molecule has 126 valence electrons. The van der Waals surface area contributed by atoms with Gasteiger partial charge in [-0.1, -0.05) is 0 Å². The van der Waals surface area contributed by atoms with Gasteiger partial charge in [-0.2, -0.15) is 0 Å². The molecule has 0 N–H and O–H groups in total. The molecule has 0 spiro atoms. The molecule has 0 atom stereocenters. The van der Waals surface area contributed by atoms with E-state index in [-0.39, 0.29) is 0 Å². The molecule has 0 heterocycles. The maximum absolute atomic E-state index is 2.57. The predicted octanol–water partition coefficient (Wildman–Crippen LogP) is 7.66. The summed E-state index contributed by atoms with van der Waals surface area (Å²) < 4.78 is 6.65. The van der Waals surface area contributed by atoms with Crippen molar-refractivity contribution in [3.05, 3.63) is 11.8 Å². The van der Waals surface area contributed by atoms with Crippen molar-refractivity contribution >= 4 is 26.5 Å². The molecule has 0 aromatic carbocycles. The van der Waals surface area contributed by atoms with Crippen LogP contribution in [0.4, 0.5) is 0 Å². The Morgan fingerprint density at radius 1 is 0.714 bits per heavy atom. The van der Waals surface area contributed by atoms with Crippen LogP contribution < -0.4 is 0 Å². The Balaban J connectivity index is 4.66. The first-order valence-corrected chi connectivity index (χ1v) is 21.2. The maximum atomic E-state index is 2.57. The first-order chi connectivity index (χ1) is 9.89. The van der Waals surface area contributed by atoms with Crippen molar-refractivity contribution in [2.24, 2.45) is 0 Å². The first kappa shape index (κ1) is 21.8. The molecule has 2 heteroatoms. The van der Waals surface area contributed by atoms with Crippen molar-refractivity contribution in [2.75, 3.05) is 0 Å². The Morgan fingerprint density at radius 2 is 1.14 bits per heavy atom. The van der Waals surface area contributed by atoms with Crippen LogP contribution in [0.2, 0.25) is 37.4 Å². The van der Waals surface area contributed by atoms with Crippen molar-refractivity contribution in [1.29, 1.82) is 0 Å². The number of unbranched alkanes of at least 4 members (excludes halogenated alkanes) is 3. The van der Waals surface area contributed by atoms with Crippen molar-refractivity contribution in [3.8, 4) is 0 Å². The van der Waals surface area contributed by atoms with Gasteiger partial charge in [0, 0.05) is 0 Å². The van der Waals surface area contributed by atoms with E-state index in [4.69, 9.17) is 0 Å². The molecule has 0 radical (unpaired) electrons. The molecular formula is C19H42SiSn. The summed E-state index contributed by atoms with van der Waals surface area (Å²) in [5.74, 6) is 0. The Morgan fingerprint density at radius 3 is 1.48 bits per heavy atom. The molecule has 0 aromatic rings. The van der Waals surface area contributed by atoms with Crippen molar-refractivity contribution in [3.63, 3.8) is 0 Å². The molecule has 0 aliphatic heterocycles. The van der Waals surface area contributed by atoms with Gasteiger partial charge in [0.1, 0.15) is 0 Å². The summed E-state index contributed by atoms with van der Waals surface area (Å²) in [7, 11) is -0.987. The molecule has 0 fully saturated rings. The Hall–Kier alpha value is 0.756. The van der Waals surface area contributed by atoms with Gasteiger partial charge in [0.25, 0.3) is 0 Å². The molecule has 0 unspecified atom stereocenters. The van der Waals surface area contributed by atoms with Crippen LogP contribution >= 0.6 is 0 Å². The quantitative estimate of drug-likeness (QED) is 0.270. The van der Waals surface area contributed by atoms with Crippen LogP contribution in [0.1, 0.15) is 65.7 Å². The molecule has 0 aliphatic carbocycles. The third-order valence-corrected chi connectivity index (χ3v) is 21.8. The molecular weight excluding hydrogens is 375 g/mol. The van der Waals surface area contributed by atoms with Gasteiger partial charge in [0.2, 0.25) is 0 Å². The summed E-state index contributed by atoms with van der Waals surface area (Å²) in [4.78, 5) is 0. The summed E-state index contributed by atoms with van der Waals surface area (Å²) >= 11 is -1.83. The molecule has 0 aliphatic rings. The number of rotatable bonds is 13. The predicted molar refractivity (Wildman–Crippen MR) is 107 cm³/mol. The van der Waals surface area contributed by atoms with E-state index in [0.29, 0.717) is 0 Å². The van der Waals surface area contributed by atoms with E-state index in [0.717, 1.165) is 0 Å². The van der Waals surface area contributed by atoms with E-state index in [9.17, 15) is 0 Å². The molecule has 0 aromatic heterocycles. The SMILES string of the molecule is CCC[CH2][Sn]([CH2]CC=C[Si](C)(C)C)([CH2]CCC)[CH2]CCC. The number of hydrogen-bond acceptors (Lipinski definition) is 0. The van der Waals surface area contributed by atoms with Gasteiger partial charge in [-0.25, -0.2) is 0 Å². The van der Waals surface area contributed by atoms with Crippen LogP contribution in [0, 0.1) is 0 Å². The van der Waals surface area contributed by atoms with Gasteiger partial charge in [0.15, 0.2) is 0 Å².